The number of rotatable bonds is 4. The number of hydrogen-bond acceptors (Lipinski definition) is 8. The summed E-state index contributed by atoms with van der Waals surface area (Å²) in [6.07, 6.45) is -3.24. The molecular formula is C21H22F3N5O4S2. The zero-order valence-corrected chi connectivity index (χ0v) is 20.3. The Balaban J connectivity index is 0.000000364. The zero-order chi connectivity index (χ0) is 25.4. The Labute approximate surface area is 205 Å². The lowest BCUT2D eigenvalue weighted by atomic mass is 9.85. The lowest BCUT2D eigenvalue weighted by molar-refractivity contribution is -0.192. The van der Waals surface area contributed by atoms with Crippen LogP contribution in [-0.2, 0) is 29.8 Å². The summed E-state index contributed by atoms with van der Waals surface area (Å²) in [5.41, 5.74) is 0.959. The van der Waals surface area contributed by atoms with E-state index in [4.69, 9.17) is 15.0 Å². The lowest BCUT2D eigenvalue weighted by Crippen LogP contribution is -2.45. The lowest BCUT2D eigenvalue weighted by Gasteiger charge is -2.23. The van der Waals surface area contributed by atoms with E-state index < -0.39 is 23.3 Å². The van der Waals surface area contributed by atoms with Crippen molar-refractivity contribution in [2.45, 2.75) is 51.0 Å². The van der Waals surface area contributed by atoms with E-state index in [1.54, 1.807) is 15.9 Å². The van der Waals surface area contributed by atoms with Crippen LogP contribution < -0.4 is 11.1 Å². The quantitative estimate of drug-likeness (QED) is 0.517. The van der Waals surface area contributed by atoms with Crippen LogP contribution in [0.4, 0.5) is 13.2 Å². The monoisotopic (exact) mass is 529 g/mol. The van der Waals surface area contributed by atoms with E-state index >= 15 is 0 Å². The molecule has 1 fully saturated rings. The van der Waals surface area contributed by atoms with Crippen molar-refractivity contribution in [2.75, 3.05) is 13.1 Å². The fraction of sp³-hybridized carbons (Fsp3) is 0.476. The van der Waals surface area contributed by atoms with Crippen molar-refractivity contribution in [3.05, 3.63) is 65.0 Å². The minimum atomic E-state index is -5.08. The first-order chi connectivity index (χ1) is 16.5. The second kappa shape index (κ2) is 9.66. The molecular weight excluding hydrogens is 507 g/mol. The number of carboxylic acids is 1. The van der Waals surface area contributed by atoms with Gasteiger partial charge in [0.05, 0.1) is 17.2 Å². The summed E-state index contributed by atoms with van der Waals surface area (Å²) in [7, 11) is 0. The van der Waals surface area contributed by atoms with Gasteiger partial charge in [-0.2, -0.15) is 29.6 Å². The van der Waals surface area contributed by atoms with Gasteiger partial charge in [-0.25, -0.2) is 14.5 Å². The van der Waals surface area contributed by atoms with Gasteiger partial charge in [-0.3, -0.25) is 19.1 Å². The minimum absolute atomic E-state index is 0.136. The normalized spacial score (nSPS) is 19.5. The van der Waals surface area contributed by atoms with Gasteiger partial charge in [0.2, 0.25) is 0 Å². The largest absolute Gasteiger partial charge is 0.490 e. The summed E-state index contributed by atoms with van der Waals surface area (Å²) in [4.78, 5) is 41.0. The molecule has 0 saturated carbocycles. The van der Waals surface area contributed by atoms with Gasteiger partial charge in [0, 0.05) is 30.4 Å². The second-order valence-electron chi connectivity index (χ2n) is 8.53. The molecule has 9 nitrogen and oxygen atoms in total. The van der Waals surface area contributed by atoms with Crippen LogP contribution in [0, 0.1) is 6.92 Å². The highest BCUT2D eigenvalue weighted by Crippen LogP contribution is 2.40. The Morgan fingerprint density at radius 3 is 2.49 bits per heavy atom. The van der Waals surface area contributed by atoms with Crippen LogP contribution in [-0.4, -0.2) is 54.6 Å². The van der Waals surface area contributed by atoms with Gasteiger partial charge >= 0.3 is 23.3 Å². The molecule has 1 N–H and O–H groups in total. The van der Waals surface area contributed by atoms with Crippen LogP contribution in [0.15, 0.2) is 31.8 Å². The maximum absolute atomic E-state index is 12.7. The van der Waals surface area contributed by atoms with Crippen molar-refractivity contribution in [3.63, 3.8) is 0 Å². The predicted octanol–water partition coefficient (Wildman–Crippen LogP) is 2.46. The van der Waals surface area contributed by atoms with E-state index in [0.717, 1.165) is 49.0 Å². The molecule has 1 saturated heterocycles. The Kier molecular flexibility index (Phi) is 6.97. The van der Waals surface area contributed by atoms with Crippen LogP contribution in [0.1, 0.15) is 34.9 Å². The molecule has 0 bridgehead atoms. The minimum Gasteiger partial charge on any atom is -0.475 e. The Morgan fingerprint density at radius 1 is 1.17 bits per heavy atom. The molecule has 14 heteroatoms. The number of likely N-dealkylation sites (tertiary alicyclic amines) is 1. The molecule has 0 aliphatic carbocycles. The summed E-state index contributed by atoms with van der Waals surface area (Å²) in [5.74, 6) is -1.98. The number of carboxylic acid groups (broad SMARTS) is 1. The summed E-state index contributed by atoms with van der Waals surface area (Å²) < 4.78 is 34.7. The number of aliphatic carboxylic acids is 1. The van der Waals surface area contributed by atoms with E-state index in [1.807, 2.05) is 12.3 Å². The van der Waals surface area contributed by atoms with E-state index in [1.165, 1.54) is 21.6 Å². The number of thiazole rings is 1. The second-order valence-corrected chi connectivity index (χ2v) is 10.4. The maximum atomic E-state index is 12.7. The number of aryl methyl sites for hydroxylation is 1. The molecule has 0 amide bonds. The molecule has 3 aromatic heterocycles. The van der Waals surface area contributed by atoms with E-state index in [9.17, 15) is 22.8 Å². The molecule has 2 aliphatic heterocycles. The van der Waals surface area contributed by atoms with Gasteiger partial charge in [-0.05, 0) is 48.7 Å². The first-order valence-corrected chi connectivity index (χ1v) is 12.5. The van der Waals surface area contributed by atoms with Crippen molar-refractivity contribution in [2.24, 2.45) is 0 Å². The topological polar surface area (TPSA) is 110 Å². The first kappa shape index (κ1) is 25.3. The zero-order valence-electron chi connectivity index (χ0n) is 18.6. The Hall–Kier alpha value is -2.84. The van der Waals surface area contributed by atoms with Crippen LogP contribution in [0.25, 0.3) is 0 Å². The van der Waals surface area contributed by atoms with Crippen molar-refractivity contribution in [1.82, 2.24) is 24.2 Å². The number of fused-ring (bicyclic) bond motifs is 2. The fourth-order valence-corrected chi connectivity index (χ4v) is 5.70. The van der Waals surface area contributed by atoms with Gasteiger partial charge in [0.25, 0.3) is 0 Å². The van der Waals surface area contributed by atoms with Gasteiger partial charge < -0.3 is 5.11 Å². The van der Waals surface area contributed by atoms with Crippen molar-refractivity contribution >= 4 is 28.6 Å². The molecule has 188 valence electrons. The maximum Gasteiger partial charge on any atom is 0.490 e. The molecule has 2 aliphatic rings. The van der Waals surface area contributed by atoms with Crippen LogP contribution in [0.3, 0.4) is 0 Å². The van der Waals surface area contributed by atoms with Gasteiger partial charge in [0.15, 0.2) is 0 Å². The van der Waals surface area contributed by atoms with Crippen molar-refractivity contribution < 1.29 is 23.1 Å². The molecule has 3 aromatic rings. The number of hydrogen-bond donors (Lipinski definition) is 1. The number of thiophene rings is 1. The van der Waals surface area contributed by atoms with Crippen LogP contribution >= 0.6 is 22.7 Å². The fourth-order valence-electron chi connectivity index (χ4n) is 4.44. The number of carbonyl (C=O) groups is 1. The Morgan fingerprint density at radius 2 is 1.89 bits per heavy atom. The predicted molar refractivity (Wildman–Crippen MR) is 123 cm³/mol. The van der Waals surface area contributed by atoms with Crippen molar-refractivity contribution in [1.29, 1.82) is 0 Å². The summed E-state index contributed by atoms with van der Waals surface area (Å²) in [6, 6.07) is 2.16. The average Bonchev–Trinajstić information content (AvgIpc) is 3.57. The number of alkyl halides is 3. The highest BCUT2D eigenvalue weighted by atomic mass is 32.1. The summed E-state index contributed by atoms with van der Waals surface area (Å²) >= 11 is 3.25. The molecule has 0 aromatic carbocycles. The first-order valence-electron chi connectivity index (χ1n) is 10.7. The van der Waals surface area contributed by atoms with Crippen LogP contribution in [0.5, 0.6) is 0 Å². The van der Waals surface area contributed by atoms with E-state index in [-0.39, 0.29) is 12.0 Å². The number of halogens is 3. The molecule has 1 atom stereocenters. The summed E-state index contributed by atoms with van der Waals surface area (Å²) in [5, 5.41) is 19.0. The highest BCUT2D eigenvalue weighted by molar-refractivity contribution is 7.09. The Bertz CT molecular complexity index is 1330. The third-order valence-corrected chi connectivity index (χ3v) is 7.62. The van der Waals surface area contributed by atoms with E-state index in [0.29, 0.717) is 6.54 Å². The van der Waals surface area contributed by atoms with Gasteiger partial charge in [-0.1, -0.05) is 0 Å². The molecule has 5 heterocycles. The molecule has 0 radical (unpaired) electrons. The molecule has 5 rings (SSSR count). The third-order valence-electron chi connectivity index (χ3n) is 6.06. The average molecular weight is 530 g/mol. The smallest absolute Gasteiger partial charge is 0.475 e. The van der Waals surface area contributed by atoms with E-state index in [2.05, 4.69) is 26.7 Å². The SMILES string of the molecule is Cc1nc(Cn2nc3n(c(=O)c2=O)CCC32CCN(Cc3ccsc3)C2)cs1.O=C(O)C(F)(F)F. The number of nitrogens with zero attached hydrogens (tertiary/aromatic N) is 5. The third kappa shape index (κ3) is 5.38. The highest BCUT2D eigenvalue weighted by Gasteiger charge is 2.47. The molecule has 35 heavy (non-hydrogen) atoms. The van der Waals surface area contributed by atoms with Crippen LogP contribution in [0.2, 0.25) is 0 Å². The van der Waals surface area contributed by atoms with Gasteiger partial charge in [0.1, 0.15) is 5.82 Å². The summed E-state index contributed by atoms with van der Waals surface area (Å²) in [6.45, 7) is 5.55. The molecule has 1 spiro atoms. The number of aromatic nitrogens is 4. The van der Waals surface area contributed by atoms with Crippen molar-refractivity contribution in [3.8, 4) is 0 Å². The van der Waals surface area contributed by atoms with Gasteiger partial charge in [-0.15, -0.1) is 11.3 Å². The standard InChI is InChI=1S/C19H21N5O2S2.C2HF3O2/c1-13-20-15(11-28-13)9-24-17(26)16(25)23-6-4-19(18(23)21-24)3-5-22(12-19)8-14-2-7-27-10-14;3-2(4,5)1(6)7/h2,7,10-11H,3-6,8-9,12H2,1H3;(H,6,7). The molecule has 1 unspecified atom stereocenters.